The van der Waals surface area contributed by atoms with Gasteiger partial charge < -0.3 is 19.9 Å². The highest BCUT2D eigenvalue weighted by Gasteiger charge is 2.21. The fourth-order valence-electron chi connectivity index (χ4n) is 3.19. The lowest BCUT2D eigenvalue weighted by atomic mass is 10.2. The molecule has 1 saturated heterocycles. The second kappa shape index (κ2) is 10.7. The van der Waals surface area contributed by atoms with Crippen molar-refractivity contribution in [1.82, 2.24) is 9.80 Å². The van der Waals surface area contributed by atoms with Crippen molar-refractivity contribution in [2.75, 3.05) is 38.1 Å². The number of anilines is 1. The van der Waals surface area contributed by atoms with Crippen LogP contribution in [0.1, 0.15) is 18.9 Å². The zero-order chi connectivity index (χ0) is 21.3. The predicted octanol–water partition coefficient (Wildman–Crippen LogP) is 4.52. The number of benzene rings is 2. The number of hydrogen-bond donors (Lipinski definition) is 1. The molecule has 2 aromatic carbocycles. The summed E-state index contributed by atoms with van der Waals surface area (Å²) in [6.07, 6.45) is 4.11. The fourth-order valence-corrected chi connectivity index (χ4v) is 3.32. The van der Waals surface area contributed by atoms with E-state index >= 15 is 0 Å². The molecule has 1 heterocycles. The molecule has 158 valence electrons. The van der Waals surface area contributed by atoms with Crippen LogP contribution >= 0.6 is 11.6 Å². The first-order chi connectivity index (χ1) is 14.5. The first-order valence-corrected chi connectivity index (χ1v) is 10.4. The molecule has 0 radical (unpaired) electrons. The molecule has 0 saturated carbocycles. The average Bonchev–Trinajstić information content (AvgIpc) is 3.01. The third kappa shape index (κ3) is 6.26. The van der Waals surface area contributed by atoms with Crippen molar-refractivity contribution in [2.24, 2.45) is 0 Å². The van der Waals surface area contributed by atoms with Crippen LogP contribution in [0.5, 0.6) is 5.75 Å². The van der Waals surface area contributed by atoms with Crippen LogP contribution in [-0.2, 0) is 4.79 Å². The van der Waals surface area contributed by atoms with Crippen LogP contribution in [0, 0.1) is 0 Å². The van der Waals surface area contributed by atoms with E-state index in [0.717, 1.165) is 17.7 Å². The molecule has 1 aliphatic heterocycles. The van der Waals surface area contributed by atoms with Crippen molar-refractivity contribution in [3.63, 3.8) is 0 Å². The van der Waals surface area contributed by atoms with E-state index in [9.17, 15) is 9.59 Å². The van der Waals surface area contributed by atoms with Gasteiger partial charge in [-0.25, -0.2) is 4.79 Å². The topological polar surface area (TPSA) is 61.9 Å². The number of hydrogen-bond acceptors (Lipinski definition) is 3. The van der Waals surface area contributed by atoms with Gasteiger partial charge in [0.15, 0.2) is 0 Å². The zero-order valence-corrected chi connectivity index (χ0v) is 17.8. The van der Waals surface area contributed by atoms with Crippen molar-refractivity contribution >= 4 is 35.3 Å². The lowest BCUT2D eigenvalue weighted by Crippen LogP contribution is -2.39. The molecule has 7 heteroatoms. The molecule has 3 amide bonds. The largest absolute Gasteiger partial charge is 0.494 e. The summed E-state index contributed by atoms with van der Waals surface area (Å²) >= 11 is 5.88. The Balaban J connectivity index is 1.51. The molecule has 0 spiro atoms. The Morgan fingerprint density at radius 3 is 2.37 bits per heavy atom. The quantitative estimate of drug-likeness (QED) is 0.713. The van der Waals surface area contributed by atoms with Crippen LogP contribution in [0.15, 0.2) is 54.6 Å². The molecule has 1 fully saturated rings. The summed E-state index contributed by atoms with van der Waals surface area (Å²) in [7, 11) is 0. The molecule has 1 aliphatic rings. The summed E-state index contributed by atoms with van der Waals surface area (Å²) < 4.78 is 5.43. The summed E-state index contributed by atoms with van der Waals surface area (Å²) in [5.41, 5.74) is 1.63. The zero-order valence-electron chi connectivity index (χ0n) is 17.0. The number of carbonyl (C=O) groups excluding carboxylic acids is 2. The maximum Gasteiger partial charge on any atom is 0.321 e. The maximum atomic E-state index is 12.6. The monoisotopic (exact) mass is 427 g/mol. The summed E-state index contributed by atoms with van der Waals surface area (Å²) in [6, 6.07) is 14.4. The number of amides is 3. The SMILES string of the molecule is CCOc1ccc(/C=C/C(=O)N2CCCN(C(=O)Nc3ccc(Cl)cc3)CC2)cc1. The Morgan fingerprint density at radius 1 is 1.00 bits per heavy atom. The lowest BCUT2D eigenvalue weighted by Gasteiger charge is -2.22. The van der Waals surface area contributed by atoms with Gasteiger partial charge in [-0.2, -0.15) is 0 Å². The number of halogens is 1. The minimum atomic E-state index is -0.170. The van der Waals surface area contributed by atoms with E-state index in [4.69, 9.17) is 16.3 Å². The number of ether oxygens (including phenoxy) is 1. The van der Waals surface area contributed by atoms with E-state index in [1.54, 1.807) is 46.2 Å². The Kier molecular flexibility index (Phi) is 7.74. The summed E-state index contributed by atoms with van der Waals surface area (Å²) in [4.78, 5) is 28.6. The standard InChI is InChI=1S/C23H26ClN3O3/c1-2-30-21-11-4-18(5-12-21)6-13-22(28)26-14-3-15-27(17-16-26)23(29)25-20-9-7-19(24)8-10-20/h4-13H,2-3,14-17H2,1H3,(H,25,29)/b13-6+. The van der Waals surface area contributed by atoms with Crippen LogP contribution in [0.3, 0.4) is 0 Å². The van der Waals surface area contributed by atoms with Crippen molar-refractivity contribution in [3.05, 3.63) is 65.2 Å². The van der Waals surface area contributed by atoms with Crippen LogP contribution in [0.2, 0.25) is 5.02 Å². The number of rotatable bonds is 5. The molecule has 0 aromatic heterocycles. The van der Waals surface area contributed by atoms with Gasteiger partial charge in [0.2, 0.25) is 5.91 Å². The molecular weight excluding hydrogens is 402 g/mol. The molecule has 2 aromatic rings. The molecule has 6 nitrogen and oxygen atoms in total. The third-order valence-corrected chi connectivity index (χ3v) is 5.05. The second-order valence-corrected chi connectivity index (χ2v) is 7.37. The predicted molar refractivity (Wildman–Crippen MR) is 120 cm³/mol. The van der Waals surface area contributed by atoms with Gasteiger partial charge in [-0.1, -0.05) is 23.7 Å². The summed E-state index contributed by atoms with van der Waals surface area (Å²) in [5, 5.41) is 3.49. The molecule has 0 atom stereocenters. The minimum absolute atomic E-state index is 0.0520. The maximum absolute atomic E-state index is 12.6. The molecule has 0 unspecified atom stereocenters. The average molecular weight is 428 g/mol. The van der Waals surface area contributed by atoms with Gasteiger partial charge in [0.05, 0.1) is 6.61 Å². The highest BCUT2D eigenvalue weighted by Crippen LogP contribution is 2.15. The van der Waals surface area contributed by atoms with Gasteiger partial charge in [0, 0.05) is 43.0 Å². The van der Waals surface area contributed by atoms with Gasteiger partial charge in [-0.3, -0.25) is 4.79 Å². The van der Waals surface area contributed by atoms with Gasteiger partial charge in [0.1, 0.15) is 5.75 Å². The first-order valence-electron chi connectivity index (χ1n) is 10.1. The van der Waals surface area contributed by atoms with Crippen LogP contribution in [0.4, 0.5) is 10.5 Å². The second-order valence-electron chi connectivity index (χ2n) is 6.94. The van der Waals surface area contributed by atoms with Gasteiger partial charge >= 0.3 is 6.03 Å². The molecule has 30 heavy (non-hydrogen) atoms. The summed E-state index contributed by atoms with van der Waals surface area (Å²) in [5.74, 6) is 0.759. The van der Waals surface area contributed by atoms with E-state index in [1.807, 2.05) is 31.2 Å². The Morgan fingerprint density at radius 2 is 1.67 bits per heavy atom. The van der Waals surface area contributed by atoms with Gasteiger partial charge in [0.25, 0.3) is 0 Å². The Bertz CT molecular complexity index is 882. The van der Waals surface area contributed by atoms with E-state index in [2.05, 4.69) is 5.32 Å². The van der Waals surface area contributed by atoms with Gasteiger partial charge in [-0.15, -0.1) is 0 Å². The molecule has 1 N–H and O–H groups in total. The van der Waals surface area contributed by atoms with Crippen molar-refractivity contribution in [2.45, 2.75) is 13.3 Å². The third-order valence-electron chi connectivity index (χ3n) is 4.80. The first kappa shape index (κ1) is 21.7. The Hall–Kier alpha value is -2.99. The smallest absolute Gasteiger partial charge is 0.321 e. The molecule has 3 rings (SSSR count). The number of urea groups is 1. The fraction of sp³-hybridized carbons (Fsp3) is 0.304. The van der Waals surface area contributed by atoms with Crippen molar-refractivity contribution < 1.29 is 14.3 Å². The highest BCUT2D eigenvalue weighted by atomic mass is 35.5. The van der Waals surface area contributed by atoms with E-state index < -0.39 is 0 Å². The summed E-state index contributed by atoms with van der Waals surface area (Å²) in [6.45, 7) is 4.78. The van der Waals surface area contributed by atoms with E-state index in [1.165, 1.54) is 0 Å². The normalized spacial score (nSPS) is 14.5. The molecule has 0 bridgehead atoms. The number of nitrogens with one attached hydrogen (secondary N) is 1. The van der Waals surface area contributed by atoms with Crippen LogP contribution in [0.25, 0.3) is 6.08 Å². The van der Waals surface area contributed by atoms with Crippen molar-refractivity contribution in [3.8, 4) is 5.75 Å². The van der Waals surface area contributed by atoms with Crippen LogP contribution < -0.4 is 10.1 Å². The van der Waals surface area contributed by atoms with E-state index in [0.29, 0.717) is 43.5 Å². The molecular formula is C23H26ClN3O3. The van der Waals surface area contributed by atoms with Crippen LogP contribution in [-0.4, -0.2) is 54.5 Å². The Labute approximate surface area is 182 Å². The number of carbonyl (C=O) groups is 2. The van der Waals surface area contributed by atoms with Gasteiger partial charge in [-0.05, 0) is 61.4 Å². The lowest BCUT2D eigenvalue weighted by molar-refractivity contribution is -0.125. The minimum Gasteiger partial charge on any atom is -0.494 e. The highest BCUT2D eigenvalue weighted by molar-refractivity contribution is 6.30. The van der Waals surface area contributed by atoms with E-state index in [-0.39, 0.29) is 11.9 Å². The molecule has 0 aliphatic carbocycles. The van der Waals surface area contributed by atoms with Crippen molar-refractivity contribution in [1.29, 1.82) is 0 Å². The number of nitrogens with zero attached hydrogens (tertiary/aromatic N) is 2.